The molecule has 0 aliphatic carbocycles. The second-order valence-corrected chi connectivity index (χ2v) is 4.65. The maximum Gasteiger partial charge on any atom is 0.222 e. The summed E-state index contributed by atoms with van der Waals surface area (Å²) in [4.78, 5) is 9.50. The van der Waals surface area contributed by atoms with Gasteiger partial charge in [0.2, 0.25) is 5.95 Å². The molecular weight excluding hydrogens is 285 g/mol. The summed E-state index contributed by atoms with van der Waals surface area (Å²) in [6, 6.07) is 1.37. The lowest BCUT2D eigenvalue weighted by atomic mass is 10.0. The monoisotopic (exact) mass is 296 g/mol. The smallest absolute Gasteiger partial charge is 0.222 e. The zero-order chi connectivity index (χ0) is 15.1. The number of ether oxygens (including phenoxy) is 1. The molecule has 1 atom stereocenters. The van der Waals surface area contributed by atoms with Crippen LogP contribution in [0.3, 0.4) is 0 Å². The number of hydrogen-bond donors (Lipinski definition) is 1. The van der Waals surface area contributed by atoms with Crippen LogP contribution in [0.1, 0.15) is 11.6 Å². The van der Waals surface area contributed by atoms with E-state index in [9.17, 15) is 13.2 Å². The molecule has 8 heteroatoms. The average Bonchev–Trinajstić information content (AvgIpc) is 2.45. The van der Waals surface area contributed by atoms with Crippen molar-refractivity contribution in [1.29, 1.82) is 0 Å². The van der Waals surface area contributed by atoms with E-state index in [1.54, 1.807) is 11.9 Å². The minimum absolute atomic E-state index is 0.0568. The highest BCUT2D eigenvalue weighted by Gasteiger charge is 2.29. The lowest BCUT2D eigenvalue weighted by molar-refractivity contribution is 0.264. The molecule has 3 rings (SSSR count). The highest BCUT2D eigenvalue weighted by Crippen LogP contribution is 2.37. The summed E-state index contributed by atoms with van der Waals surface area (Å²) in [5, 5.41) is 0. The lowest BCUT2D eigenvalue weighted by Crippen LogP contribution is -2.34. The van der Waals surface area contributed by atoms with E-state index in [0.29, 0.717) is 11.6 Å². The summed E-state index contributed by atoms with van der Waals surface area (Å²) in [6.45, 7) is 0.126. The Hall–Kier alpha value is -2.51. The van der Waals surface area contributed by atoms with Crippen LogP contribution in [0.2, 0.25) is 0 Å². The van der Waals surface area contributed by atoms with E-state index < -0.39 is 23.5 Å². The Labute approximate surface area is 118 Å². The molecule has 0 saturated heterocycles. The molecule has 21 heavy (non-hydrogen) atoms. The van der Waals surface area contributed by atoms with E-state index in [1.807, 2.05) is 0 Å². The van der Waals surface area contributed by atoms with Crippen molar-refractivity contribution in [1.82, 2.24) is 9.97 Å². The van der Waals surface area contributed by atoms with Gasteiger partial charge >= 0.3 is 0 Å². The molecule has 1 aromatic carbocycles. The molecule has 1 aliphatic heterocycles. The van der Waals surface area contributed by atoms with Gasteiger partial charge in [-0.2, -0.15) is 4.98 Å². The number of halogens is 3. The van der Waals surface area contributed by atoms with Crippen LogP contribution >= 0.6 is 0 Å². The molecule has 0 fully saturated rings. The molecule has 5 nitrogen and oxygen atoms in total. The first kappa shape index (κ1) is 13.5. The van der Waals surface area contributed by atoms with Crippen molar-refractivity contribution in [3.63, 3.8) is 0 Å². The topological polar surface area (TPSA) is 64.3 Å². The molecule has 0 saturated carbocycles. The Morgan fingerprint density at radius 3 is 2.62 bits per heavy atom. The minimum Gasteiger partial charge on any atom is -0.486 e. The number of fused-ring (bicyclic) bond motifs is 1. The summed E-state index contributed by atoms with van der Waals surface area (Å²) < 4.78 is 45.2. The van der Waals surface area contributed by atoms with Crippen molar-refractivity contribution in [3.8, 4) is 5.75 Å². The van der Waals surface area contributed by atoms with E-state index in [-0.39, 0.29) is 18.1 Å². The van der Waals surface area contributed by atoms with Crippen molar-refractivity contribution >= 4 is 11.8 Å². The maximum atomic E-state index is 13.4. The van der Waals surface area contributed by atoms with Crippen LogP contribution in [0.25, 0.3) is 0 Å². The normalized spacial score (nSPS) is 17.3. The standard InChI is InChI=1S/C13H11F3N4O/c1-20-9(6-2-7(14)11(16)8(15)3-6)5-21-10-4-18-13(17)19-12(10)20/h2-4,9H,5H2,1H3,(H2,17,18,19). The second kappa shape index (κ2) is 4.80. The zero-order valence-electron chi connectivity index (χ0n) is 11.0. The van der Waals surface area contributed by atoms with Crippen LogP contribution in [0.4, 0.5) is 24.9 Å². The molecule has 0 bridgehead atoms. The predicted octanol–water partition coefficient (Wildman–Crippen LogP) is 2.05. The number of nitrogen functional groups attached to an aromatic ring is 1. The van der Waals surface area contributed by atoms with E-state index >= 15 is 0 Å². The van der Waals surface area contributed by atoms with Crippen molar-refractivity contribution < 1.29 is 17.9 Å². The predicted molar refractivity (Wildman–Crippen MR) is 69.4 cm³/mol. The molecule has 2 heterocycles. The quantitative estimate of drug-likeness (QED) is 0.816. The van der Waals surface area contributed by atoms with Gasteiger partial charge in [0.25, 0.3) is 0 Å². The number of aromatic nitrogens is 2. The number of nitrogens with two attached hydrogens (primary N) is 1. The lowest BCUT2D eigenvalue weighted by Gasteiger charge is -2.34. The van der Waals surface area contributed by atoms with Gasteiger partial charge in [-0.3, -0.25) is 0 Å². The van der Waals surface area contributed by atoms with Crippen molar-refractivity contribution in [2.45, 2.75) is 6.04 Å². The maximum absolute atomic E-state index is 13.4. The van der Waals surface area contributed by atoms with E-state index in [1.165, 1.54) is 6.20 Å². The SMILES string of the molecule is CN1c2nc(N)ncc2OCC1c1cc(F)c(F)c(F)c1. The Morgan fingerprint density at radius 2 is 1.95 bits per heavy atom. The Morgan fingerprint density at radius 1 is 1.29 bits per heavy atom. The highest BCUT2D eigenvalue weighted by molar-refractivity contribution is 5.56. The van der Waals surface area contributed by atoms with Gasteiger partial charge in [0, 0.05) is 7.05 Å². The van der Waals surface area contributed by atoms with Crippen molar-refractivity contribution in [3.05, 3.63) is 41.3 Å². The van der Waals surface area contributed by atoms with Gasteiger partial charge < -0.3 is 15.4 Å². The van der Waals surface area contributed by atoms with Gasteiger partial charge in [-0.15, -0.1) is 0 Å². The van der Waals surface area contributed by atoms with Crippen LogP contribution in [-0.4, -0.2) is 23.6 Å². The van der Waals surface area contributed by atoms with Gasteiger partial charge in [-0.05, 0) is 17.7 Å². The largest absolute Gasteiger partial charge is 0.486 e. The third-order valence-corrected chi connectivity index (χ3v) is 3.34. The van der Waals surface area contributed by atoms with Gasteiger partial charge in [-0.1, -0.05) is 0 Å². The van der Waals surface area contributed by atoms with Crippen LogP contribution < -0.4 is 15.4 Å². The first-order valence-corrected chi connectivity index (χ1v) is 6.10. The van der Waals surface area contributed by atoms with E-state index in [0.717, 1.165) is 12.1 Å². The summed E-state index contributed by atoms with van der Waals surface area (Å²) in [6.07, 6.45) is 1.43. The molecule has 0 radical (unpaired) electrons. The fourth-order valence-electron chi connectivity index (χ4n) is 2.24. The van der Waals surface area contributed by atoms with Crippen LogP contribution in [0.5, 0.6) is 5.75 Å². The summed E-state index contributed by atoms with van der Waals surface area (Å²) in [7, 11) is 1.68. The number of hydrogen-bond acceptors (Lipinski definition) is 5. The first-order valence-electron chi connectivity index (χ1n) is 6.10. The summed E-state index contributed by atoms with van der Waals surface area (Å²) in [5.74, 6) is -3.10. The third kappa shape index (κ3) is 2.22. The second-order valence-electron chi connectivity index (χ2n) is 4.65. The van der Waals surface area contributed by atoms with Gasteiger partial charge in [-0.25, -0.2) is 18.2 Å². The molecule has 1 aliphatic rings. The summed E-state index contributed by atoms with van der Waals surface area (Å²) >= 11 is 0. The molecule has 2 aromatic rings. The first-order chi connectivity index (χ1) is 9.97. The fourth-order valence-corrected chi connectivity index (χ4v) is 2.24. The van der Waals surface area contributed by atoms with Crippen LogP contribution in [-0.2, 0) is 0 Å². The summed E-state index contributed by atoms with van der Waals surface area (Å²) in [5.41, 5.74) is 5.77. The number of nitrogens with zero attached hydrogens (tertiary/aromatic N) is 3. The van der Waals surface area contributed by atoms with Gasteiger partial charge in [0.05, 0.1) is 12.2 Å². The molecule has 0 amide bonds. The minimum atomic E-state index is -1.50. The molecule has 1 aromatic heterocycles. The molecule has 0 spiro atoms. The Balaban J connectivity index is 2.02. The van der Waals surface area contributed by atoms with Gasteiger partial charge in [0.15, 0.2) is 29.0 Å². The molecule has 1 unspecified atom stereocenters. The molecule has 110 valence electrons. The van der Waals surface area contributed by atoms with Crippen molar-refractivity contribution in [2.75, 3.05) is 24.3 Å². The number of benzene rings is 1. The van der Waals surface area contributed by atoms with Gasteiger partial charge in [0.1, 0.15) is 6.61 Å². The van der Waals surface area contributed by atoms with E-state index in [4.69, 9.17) is 10.5 Å². The van der Waals surface area contributed by atoms with Crippen LogP contribution in [0.15, 0.2) is 18.3 Å². The van der Waals surface area contributed by atoms with Crippen LogP contribution in [0, 0.1) is 17.5 Å². The molecular formula is C13H11F3N4O. The van der Waals surface area contributed by atoms with Crippen molar-refractivity contribution in [2.24, 2.45) is 0 Å². The fraction of sp³-hybridized carbons (Fsp3) is 0.231. The zero-order valence-corrected chi connectivity index (χ0v) is 11.0. The Bertz CT molecular complexity index is 687. The van der Waals surface area contributed by atoms with E-state index in [2.05, 4.69) is 9.97 Å². The number of rotatable bonds is 1. The number of likely N-dealkylation sites (N-methyl/N-ethyl adjacent to an activating group) is 1. The number of anilines is 2. The average molecular weight is 296 g/mol. The highest BCUT2D eigenvalue weighted by atomic mass is 19.2. The molecule has 2 N–H and O–H groups in total. The third-order valence-electron chi connectivity index (χ3n) is 3.34. The Kier molecular flexibility index (Phi) is 3.08.